The van der Waals surface area contributed by atoms with E-state index in [1.54, 1.807) is 0 Å². The highest BCUT2D eigenvalue weighted by atomic mass is 31.2. The molecular weight excluding hydrogens is 918 g/mol. The lowest BCUT2D eigenvalue weighted by Crippen LogP contribution is -2.37. The summed E-state index contributed by atoms with van der Waals surface area (Å²) < 4.78 is 34.5. The van der Waals surface area contributed by atoms with Gasteiger partial charge in [0.1, 0.15) is 19.8 Å². The number of carbonyl (C=O) groups is 2. The van der Waals surface area contributed by atoms with Crippen molar-refractivity contribution in [1.29, 1.82) is 0 Å². The van der Waals surface area contributed by atoms with Crippen LogP contribution in [-0.2, 0) is 32.7 Å². The average Bonchev–Trinajstić information content (AvgIpc) is 3.34. The van der Waals surface area contributed by atoms with Crippen LogP contribution >= 0.6 is 7.82 Å². The van der Waals surface area contributed by atoms with Gasteiger partial charge in [-0.3, -0.25) is 18.6 Å². The first-order valence-corrected chi connectivity index (χ1v) is 32.6. The number of ether oxygens (including phenoxy) is 2. The fraction of sp³-hybridized carbons (Fsp3) is 0.903. The lowest BCUT2D eigenvalue weighted by atomic mass is 10.0. The molecule has 0 radical (unpaired) electrons. The molecule has 0 aromatic carbocycles. The van der Waals surface area contributed by atoms with Crippen LogP contribution in [0.25, 0.3) is 0 Å². The van der Waals surface area contributed by atoms with Gasteiger partial charge in [-0.1, -0.05) is 276 Å². The van der Waals surface area contributed by atoms with E-state index >= 15 is 0 Å². The molecule has 0 saturated heterocycles. The number of quaternary nitrogens is 1. The first kappa shape index (κ1) is 70.5. The molecule has 0 aliphatic heterocycles. The molecule has 2 unspecified atom stereocenters. The second-order valence-corrected chi connectivity index (χ2v) is 23.9. The van der Waals surface area contributed by atoms with Gasteiger partial charge in [0, 0.05) is 12.8 Å². The third kappa shape index (κ3) is 57.8. The molecule has 0 rings (SSSR count). The number of phosphoric acid groups is 1. The Balaban J connectivity index is 3.86. The van der Waals surface area contributed by atoms with E-state index in [1.165, 1.54) is 238 Å². The molecule has 0 aliphatic carbocycles. The maximum absolute atomic E-state index is 12.8. The Hall–Kier alpha value is -1.51. The molecule has 2 atom stereocenters. The molecule has 0 aliphatic rings. The summed E-state index contributed by atoms with van der Waals surface area (Å²) in [6.07, 6.45) is 65.7. The number of allylic oxidation sites excluding steroid dienone is 4. The largest absolute Gasteiger partial charge is 0.472 e. The summed E-state index contributed by atoms with van der Waals surface area (Å²) in [6.45, 7) is 4.46. The zero-order chi connectivity index (χ0) is 52.7. The van der Waals surface area contributed by atoms with Gasteiger partial charge in [-0.25, -0.2) is 4.57 Å². The summed E-state index contributed by atoms with van der Waals surface area (Å²) >= 11 is 0. The fourth-order valence-electron chi connectivity index (χ4n) is 9.17. The number of esters is 2. The SMILES string of the molecule is CCCCCCC/C=C\C/C=C\CCCCCCCCCCCCCCCCCCCCCCCCCCCC(=O)OC(COC(=O)CCCCCCCCCCCCC)COP(=O)(O)OCC[N+](C)(C)C. The maximum atomic E-state index is 12.8. The predicted molar refractivity (Wildman–Crippen MR) is 307 cm³/mol. The van der Waals surface area contributed by atoms with Crippen LogP contribution in [0.5, 0.6) is 0 Å². The van der Waals surface area contributed by atoms with Crippen molar-refractivity contribution in [2.24, 2.45) is 0 Å². The van der Waals surface area contributed by atoms with Gasteiger partial charge in [0.05, 0.1) is 27.7 Å². The van der Waals surface area contributed by atoms with Crippen molar-refractivity contribution < 1.29 is 42.1 Å². The predicted octanol–water partition coefficient (Wildman–Crippen LogP) is 19.4. The number of hydrogen-bond donors (Lipinski definition) is 1. The number of unbranched alkanes of at least 4 members (excludes halogenated alkanes) is 40. The van der Waals surface area contributed by atoms with Crippen molar-refractivity contribution in [3.8, 4) is 0 Å². The molecule has 0 fully saturated rings. The summed E-state index contributed by atoms with van der Waals surface area (Å²) in [5, 5.41) is 0. The van der Waals surface area contributed by atoms with E-state index in [0.29, 0.717) is 17.4 Å². The van der Waals surface area contributed by atoms with Crippen molar-refractivity contribution in [3.05, 3.63) is 24.3 Å². The minimum atomic E-state index is -4.38. The van der Waals surface area contributed by atoms with Gasteiger partial charge in [0.15, 0.2) is 6.10 Å². The Morgan fingerprint density at radius 2 is 0.750 bits per heavy atom. The van der Waals surface area contributed by atoms with Crippen LogP contribution in [-0.4, -0.2) is 74.9 Å². The van der Waals surface area contributed by atoms with Crippen LogP contribution in [0.3, 0.4) is 0 Å². The van der Waals surface area contributed by atoms with Crippen LogP contribution in [0, 0.1) is 0 Å². The lowest BCUT2D eigenvalue weighted by Gasteiger charge is -2.24. The van der Waals surface area contributed by atoms with Gasteiger partial charge in [0.25, 0.3) is 0 Å². The lowest BCUT2D eigenvalue weighted by molar-refractivity contribution is -0.870. The second kappa shape index (κ2) is 54.3. The highest BCUT2D eigenvalue weighted by Gasteiger charge is 2.27. The Morgan fingerprint density at radius 3 is 1.10 bits per heavy atom. The number of likely N-dealkylation sites (N-methyl/N-ethyl adjacent to an activating group) is 1. The minimum absolute atomic E-state index is 0.0358. The second-order valence-electron chi connectivity index (χ2n) is 22.5. The summed E-state index contributed by atoms with van der Waals surface area (Å²) in [5.41, 5.74) is 0. The molecule has 0 aromatic heterocycles. The van der Waals surface area contributed by atoms with Gasteiger partial charge in [-0.2, -0.15) is 0 Å². The molecule has 9 nitrogen and oxygen atoms in total. The van der Waals surface area contributed by atoms with E-state index in [1.807, 2.05) is 21.1 Å². The summed E-state index contributed by atoms with van der Waals surface area (Å²) in [7, 11) is 1.50. The smallest absolute Gasteiger partial charge is 0.462 e. The molecule has 426 valence electrons. The van der Waals surface area contributed by atoms with Gasteiger partial charge in [0.2, 0.25) is 0 Å². The first-order valence-electron chi connectivity index (χ1n) is 31.1. The molecule has 0 saturated carbocycles. The van der Waals surface area contributed by atoms with Gasteiger partial charge >= 0.3 is 19.8 Å². The van der Waals surface area contributed by atoms with E-state index in [-0.39, 0.29) is 25.6 Å². The molecule has 1 N–H and O–H groups in total. The monoisotopic (exact) mass is 1040 g/mol. The van der Waals surface area contributed by atoms with Gasteiger partial charge in [-0.05, 0) is 44.9 Å². The summed E-state index contributed by atoms with van der Waals surface area (Å²) in [4.78, 5) is 35.6. The Labute approximate surface area is 447 Å². The van der Waals surface area contributed by atoms with Crippen LogP contribution in [0.2, 0.25) is 0 Å². The molecule has 72 heavy (non-hydrogen) atoms. The molecule has 0 aromatic rings. The Morgan fingerprint density at radius 1 is 0.431 bits per heavy atom. The van der Waals surface area contributed by atoms with E-state index < -0.39 is 26.5 Å². The third-order valence-electron chi connectivity index (χ3n) is 14.0. The number of nitrogens with zero attached hydrogens (tertiary/aromatic N) is 1. The third-order valence-corrected chi connectivity index (χ3v) is 15.0. The first-order chi connectivity index (χ1) is 35.0. The summed E-state index contributed by atoms with van der Waals surface area (Å²) in [6, 6.07) is 0. The van der Waals surface area contributed by atoms with E-state index in [9.17, 15) is 19.0 Å². The Kier molecular flexibility index (Phi) is 53.1. The molecule has 10 heteroatoms. The Bertz CT molecular complexity index is 1270. The normalized spacial score (nSPS) is 13.4. The van der Waals surface area contributed by atoms with Crippen LogP contribution < -0.4 is 0 Å². The average molecular weight is 1040 g/mol. The van der Waals surface area contributed by atoms with E-state index in [4.69, 9.17) is 18.5 Å². The standard InChI is InChI=1S/C62H120NO8P/c1-6-8-10-12-14-16-18-19-20-21-22-23-24-25-26-27-28-29-30-31-32-33-34-35-36-37-38-39-40-41-42-43-45-47-49-51-53-55-62(65)71-60(59-70-72(66,67)69-57-56-63(3,4)5)58-68-61(64)54-52-50-48-46-44-17-15-13-11-9-7-2/h18-19,21-22,60H,6-17,20,23-59H2,1-5H3/p+1/b19-18-,22-21-. The summed E-state index contributed by atoms with van der Waals surface area (Å²) in [5.74, 6) is -0.781. The molecular formula is C62H121NO8P+. The number of phosphoric ester groups is 1. The van der Waals surface area contributed by atoms with Crippen LogP contribution in [0.15, 0.2) is 24.3 Å². The zero-order valence-electron chi connectivity index (χ0n) is 48.4. The maximum Gasteiger partial charge on any atom is 0.472 e. The molecule has 0 spiro atoms. The van der Waals surface area contributed by atoms with Gasteiger partial charge < -0.3 is 18.9 Å². The molecule has 0 heterocycles. The van der Waals surface area contributed by atoms with Crippen molar-refractivity contribution in [2.75, 3.05) is 47.5 Å². The van der Waals surface area contributed by atoms with E-state index in [2.05, 4.69) is 38.2 Å². The van der Waals surface area contributed by atoms with E-state index in [0.717, 1.165) is 44.9 Å². The fourth-order valence-corrected chi connectivity index (χ4v) is 9.91. The van der Waals surface area contributed by atoms with Crippen molar-refractivity contribution >= 4 is 19.8 Å². The number of rotatable bonds is 58. The highest BCUT2D eigenvalue weighted by molar-refractivity contribution is 7.47. The molecule has 0 amide bonds. The number of carbonyl (C=O) groups excluding carboxylic acids is 2. The van der Waals surface area contributed by atoms with Gasteiger partial charge in [-0.15, -0.1) is 0 Å². The van der Waals surface area contributed by atoms with Crippen molar-refractivity contribution in [2.45, 2.75) is 315 Å². The van der Waals surface area contributed by atoms with Crippen LogP contribution in [0.1, 0.15) is 309 Å². The van der Waals surface area contributed by atoms with Crippen molar-refractivity contribution in [3.63, 3.8) is 0 Å². The molecule has 0 bridgehead atoms. The topological polar surface area (TPSA) is 108 Å². The minimum Gasteiger partial charge on any atom is -0.462 e. The number of hydrogen-bond acceptors (Lipinski definition) is 7. The zero-order valence-corrected chi connectivity index (χ0v) is 49.3. The van der Waals surface area contributed by atoms with Crippen molar-refractivity contribution in [1.82, 2.24) is 0 Å². The highest BCUT2D eigenvalue weighted by Crippen LogP contribution is 2.43. The quantitative estimate of drug-likeness (QED) is 0.0211. The van der Waals surface area contributed by atoms with Crippen LogP contribution in [0.4, 0.5) is 0 Å².